The first kappa shape index (κ1) is 31.8. The predicted molar refractivity (Wildman–Crippen MR) is 182 cm³/mol. The Morgan fingerprint density at radius 3 is 2.53 bits per heavy atom. The molecule has 0 fully saturated rings. The molecular weight excluding hydrogens is 558 g/mol. The molecule has 1 N–H and O–H groups in total. The molecule has 5 rings (SSSR count). The zero-order chi connectivity index (χ0) is 31.9. The van der Waals surface area contributed by atoms with E-state index in [0.29, 0.717) is 28.2 Å². The van der Waals surface area contributed by atoms with Gasteiger partial charge in [-0.25, -0.2) is 4.98 Å². The molecule has 0 saturated heterocycles. The maximum Gasteiger partial charge on any atom is 0.256 e. The molecule has 0 radical (unpaired) electrons. The van der Waals surface area contributed by atoms with Crippen LogP contribution in [0.2, 0.25) is 0 Å². The molecule has 1 aliphatic heterocycles. The van der Waals surface area contributed by atoms with E-state index in [9.17, 15) is 9.59 Å². The second kappa shape index (κ2) is 14.5. The highest BCUT2D eigenvalue weighted by Gasteiger charge is 2.25. The SMILES string of the molecule is CCC(C(=O)c1ccc(NC(=O)c2cc(-c3ccccn3)nc3c(C)cc(C)cc23)cc1)C(C)CC/C1=C(\C)CCC/C=C/O1. The van der Waals surface area contributed by atoms with Crippen molar-refractivity contribution in [2.45, 2.75) is 73.1 Å². The first-order valence-electron chi connectivity index (χ1n) is 16.0. The molecule has 232 valence electrons. The van der Waals surface area contributed by atoms with Crippen molar-refractivity contribution in [2.75, 3.05) is 5.32 Å². The van der Waals surface area contributed by atoms with Crippen molar-refractivity contribution < 1.29 is 14.3 Å². The Labute approximate surface area is 266 Å². The molecule has 0 aliphatic carbocycles. The Balaban J connectivity index is 1.31. The number of amides is 1. The average molecular weight is 602 g/mol. The van der Waals surface area contributed by atoms with E-state index in [1.807, 2.05) is 68.6 Å². The molecule has 0 saturated carbocycles. The van der Waals surface area contributed by atoms with Crippen LogP contribution in [0.25, 0.3) is 22.3 Å². The van der Waals surface area contributed by atoms with Gasteiger partial charge in [0.15, 0.2) is 5.78 Å². The van der Waals surface area contributed by atoms with E-state index in [1.54, 1.807) is 12.3 Å². The number of benzene rings is 2. The van der Waals surface area contributed by atoms with Crippen molar-refractivity contribution in [3.63, 3.8) is 0 Å². The maximum absolute atomic E-state index is 13.7. The van der Waals surface area contributed by atoms with E-state index < -0.39 is 0 Å². The van der Waals surface area contributed by atoms with Crippen LogP contribution in [0, 0.1) is 25.7 Å². The number of fused-ring (bicyclic) bond motifs is 1. The topological polar surface area (TPSA) is 81.2 Å². The van der Waals surface area contributed by atoms with Gasteiger partial charge in [0, 0.05) is 35.2 Å². The summed E-state index contributed by atoms with van der Waals surface area (Å²) in [6, 6.07) is 18.8. The molecule has 6 nitrogen and oxygen atoms in total. The van der Waals surface area contributed by atoms with Crippen LogP contribution in [0.3, 0.4) is 0 Å². The molecule has 2 atom stereocenters. The number of Topliss-reactive ketones (excluding diaryl/α,β-unsaturated/α-hetero) is 1. The van der Waals surface area contributed by atoms with E-state index in [1.165, 1.54) is 5.57 Å². The highest BCUT2D eigenvalue weighted by molar-refractivity contribution is 6.13. The highest BCUT2D eigenvalue weighted by Crippen LogP contribution is 2.30. The van der Waals surface area contributed by atoms with E-state index in [4.69, 9.17) is 9.72 Å². The van der Waals surface area contributed by atoms with Gasteiger partial charge in [-0.15, -0.1) is 0 Å². The summed E-state index contributed by atoms with van der Waals surface area (Å²) < 4.78 is 5.92. The summed E-state index contributed by atoms with van der Waals surface area (Å²) in [5.74, 6) is 1.06. The number of rotatable bonds is 10. The fourth-order valence-electron chi connectivity index (χ4n) is 6.25. The van der Waals surface area contributed by atoms with Gasteiger partial charge in [-0.1, -0.05) is 31.5 Å². The van der Waals surface area contributed by atoms with E-state index in [0.717, 1.165) is 66.3 Å². The van der Waals surface area contributed by atoms with E-state index in [2.05, 4.69) is 43.2 Å². The van der Waals surface area contributed by atoms with Gasteiger partial charge >= 0.3 is 0 Å². The van der Waals surface area contributed by atoms with Gasteiger partial charge < -0.3 is 10.1 Å². The molecule has 4 aromatic rings. The van der Waals surface area contributed by atoms with Crippen LogP contribution in [0.15, 0.2) is 90.5 Å². The molecule has 3 heterocycles. The van der Waals surface area contributed by atoms with Crippen LogP contribution in [0.1, 0.15) is 91.1 Å². The summed E-state index contributed by atoms with van der Waals surface area (Å²) >= 11 is 0. The Bertz CT molecular complexity index is 1740. The Morgan fingerprint density at radius 2 is 1.80 bits per heavy atom. The number of allylic oxidation sites excluding steroid dienone is 3. The molecule has 0 bridgehead atoms. The van der Waals surface area contributed by atoms with Gasteiger partial charge in [0.2, 0.25) is 0 Å². The quantitative estimate of drug-likeness (QED) is 0.183. The number of carbonyl (C=O) groups excluding carboxylic acids is 2. The number of nitrogens with zero attached hydrogens (tertiary/aromatic N) is 2. The third-order valence-corrected chi connectivity index (χ3v) is 8.84. The third kappa shape index (κ3) is 7.56. The van der Waals surface area contributed by atoms with Crippen molar-refractivity contribution in [1.29, 1.82) is 0 Å². The minimum atomic E-state index is -0.236. The number of hydrogen-bond donors (Lipinski definition) is 1. The molecule has 1 aliphatic rings. The number of nitrogens with one attached hydrogen (secondary N) is 1. The minimum absolute atomic E-state index is 0.0878. The molecule has 0 spiro atoms. The normalized spacial score (nSPS) is 17.1. The molecule has 2 unspecified atom stereocenters. The number of ketones is 1. The Hall–Kier alpha value is -4.58. The Kier molecular flexibility index (Phi) is 10.2. The minimum Gasteiger partial charge on any atom is -0.470 e. The lowest BCUT2D eigenvalue weighted by Crippen LogP contribution is -2.22. The lowest BCUT2D eigenvalue weighted by atomic mass is 9.82. The molecule has 2 aromatic heterocycles. The van der Waals surface area contributed by atoms with Crippen LogP contribution in [-0.2, 0) is 4.74 Å². The summed E-state index contributed by atoms with van der Waals surface area (Å²) in [7, 11) is 0. The summed E-state index contributed by atoms with van der Waals surface area (Å²) in [4.78, 5) is 36.7. The average Bonchev–Trinajstić information content (AvgIpc) is 3.03. The van der Waals surface area contributed by atoms with Crippen LogP contribution >= 0.6 is 0 Å². The number of pyridine rings is 2. The second-order valence-electron chi connectivity index (χ2n) is 12.3. The lowest BCUT2D eigenvalue weighted by Gasteiger charge is -2.23. The number of hydrogen-bond acceptors (Lipinski definition) is 5. The first-order valence-corrected chi connectivity index (χ1v) is 16.0. The zero-order valence-corrected chi connectivity index (χ0v) is 27.0. The molecular formula is C39H43N3O3. The summed E-state index contributed by atoms with van der Waals surface area (Å²) in [5.41, 5.74) is 7.31. The van der Waals surface area contributed by atoms with Crippen molar-refractivity contribution in [2.24, 2.45) is 11.8 Å². The van der Waals surface area contributed by atoms with Crippen LogP contribution in [0.5, 0.6) is 0 Å². The summed E-state index contributed by atoms with van der Waals surface area (Å²) in [6.07, 6.45) is 11.3. The van der Waals surface area contributed by atoms with Gasteiger partial charge in [0.25, 0.3) is 5.91 Å². The standard InChI is InChI=1S/C39H43N3O3/c1-6-31(26(3)14-19-36-27(4)12-8-7-11-21-45-36)38(43)29-15-17-30(18-16-29)41-39(44)33-24-35(34-13-9-10-20-40-34)42-37-28(5)22-25(2)23-32(33)37/h9-11,13,15-18,20-24,26,31H,6-8,12,14,19H2,1-5H3,(H,41,44)/b21-11+,36-27-. The number of aryl methyl sites for hydroxylation is 2. The molecule has 2 aromatic carbocycles. The predicted octanol–water partition coefficient (Wildman–Crippen LogP) is 9.78. The molecule has 6 heteroatoms. The van der Waals surface area contributed by atoms with Gasteiger partial charge in [0.05, 0.1) is 28.7 Å². The highest BCUT2D eigenvalue weighted by atomic mass is 16.5. The van der Waals surface area contributed by atoms with E-state index >= 15 is 0 Å². The maximum atomic E-state index is 13.7. The van der Waals surface area contributed by atoms with Crippen molar-refractivity contribution >= 4 is 28.3 Å². The van der Waals surface area contributed by atoms with Crippen molar-refractivity contribution in [3.05, 3.63) is 113 Å². The van der Waals surface area contributed by atoms with Crippen LogP contribution in [0.4, 0.5) is 5.69 Å². The first-order chi connectivity index (χ1) is 21.7. The molecule has 1 amide bonds. The van der Waals surface area contributed by atoms with Crippen LogP contribution in [-0.4, -0.2) is 21.7 Å². The Morgan fingerprint density at radius 1 is 1.00 bits per heavy atom. The van der Waals surface area contributed by atoms with Gasteiger partial charge in [-0.2, -0.15) is 0 Å². The monoisotopic (exact) mass is 601 g/mol. The number of aromatic nitrogens is 2. The van der Waals surface area contributed by atoms with Gasteiger partial charge in [-0.3, -0.25) is 14.6 Å². The fourth-order valence-corrected chi connectivity index (χ4v) is 6.25. The number of carbonyl (C=O) groups is 2. The second-order valence-corrected chi connectivity index (χ2v) is 12.3. The van der Waals surface area contributed by atoms with Gasteiger partial charge in [0.1, 0.15) is 5.76 Å². The summed E-state index contributed by atoms with van der Waals surface area (Å²) in [5, 5.41) is 3.84. The summed E-state index contributed by atoms with van der Waals surface area (Å²) in [6.45, 7) is 10.4. The van der Waals surface area contributed by atoms with Gasteiger partial charge in [-0.05, 0) is 125 Å². The zero-order valence-electron chi connectivity index (χ0n) is 27.0. The smallest absolute Gasteiger partial charge is 0.256 e. The van der Waals surface area contributed by atoms with Crippen molar-refractivity contribution in [3.8, 4) is 11.4 Å². The molecule has 45 heavy (non-hydrogen) atoms. The third-order valence-electron chi connectivity index (χ3n) is 8.84. The van der Waals surface area contributed by atoms with Crippen molar-refractivity contribution in [1.82, 2.24) is 9.97 Å². The number of ether oxygens (including phenoxy) is 1. The fraction of sp³-hybridized carbons (Fsp3) is 0.333. The van der Waals surface area contributed by atoms with Crippen LogP contribution < -0.4 is 5.32 Å². The lowest BCUT2D eigenvalue weighted by molar-refractivity contribution is 0.0867. The largest absolute Gasteiger partial charge is 0.470 e. The van der Waals surface area contributed by atoms with E-state index in [-0.39, 0.29) is 23.5 Å². The number of anilines is 1.